The number of methoxy groups -OCH3 is 1. The van der Waals surface area contributed by atoms with Crippen LogP contribution < -0.4 is 14.8 Å². The largest absolute Gasteiger partial charge is 0.493 e. The zero-order chi connectivity index (χ0) is 21.3. The van der Waals surface area contributed by atoms with Gasteiger partial charge >= 0.3 is 6.09 Å². The molecule has 0 spiro atoms. The Morgan fingerprint density at radius 2 is 2.07 bits per heavy atom. The number of nitrogens with zero attached hydrogens (tertiary/aromatic N) is 1. The van der Waals surface area contributed by atoms with Gasteiger partial charge in [0, 0.05) is 24.7 Å². The molecule has 1 N–H and O–H groups in total. The first-order valence-electron chi connectivity index (χ1n) is 11.0. The van der Waals surface area contributed by atoms with Gasteiger partial charge in [0.2, 0.25) is 0 Å². The first kappa shape index (κ1) is 20.7. The topological polar surface area (TPSA) is 50.8 Å². The average molecular weight is 409 g/mol. The second-order valence-corrected chi connectivity index (χ2v) is 8.68. The summed E-state index contributed by atoms with van der Waals surface area (Å²) in [5.41, 5.74) is 6.08. The molecule has 2 aromatic carbocycles. The zero-order valence-corrected chi connectivity index (χ0v) is 18.5. The quantitative estimate of drug-likeness (QED) is 0.733. The molecule has 2 aromatic rings. The van der Waals surface area contributed by atoms with E-state index in [1.165, 1.54) is 16.7 Å². The maximum atomic E-state index is 12.6. The highest BCUT2D eigenvalue weighted by atomic mass is 16.6. The van der Waals surface area contributed by atoms with E-state index in [4.69, 9.17) is 9.47 Å². The summed E-state index contributed by atoms with van der Waals surface area (Å²) >= 11 is 0. The van der Waals surface area contributed by atoms with E-state index in [1.54, 1.807) is 7.11 Å². The summed E-state index contributed by atoms with van der Waals surface area (Å²) in [4.78, 5) is 15.2. The second kappa shape index (κ2) is 8.68. The molecule has 160 valence electrons. The standard InChI is InChI=1S/C25H32N2O3/c1-5-11-27-12-10-18-14-21(29-4)24(30-25(28)26-15-16(2)3)23-19-9-7-6-8-17(19)13-20(27)22(18)23/h6-9,14,16,20H,5,10-13,15H2,1-4H3,(H,26,28)/t20-/m1/s1. The van der Waals surface area contributed by atoms with Crippen molar-refractivity contribution < 1.29 is 14.3 Å². The predicted octanol–water partition coefficient (Wildman–Crippen LogP) is 4.97. The van der Waals surface area contributed by atoms with Crippen LogP contribution >= 0.6 is 0 Å². The minimum Gasteiger partial charge on any atom is -0.493 e. The van der Waals surface area contributed by atoms with Crippen LogP contribution in [0.3, 0.4) is 0 Å². The monoisotopic (exact) mass is 408 g/mol. The molecule has 0 bridgehead atoms. The van der Waals surface area contributed by atoms with E-state index >= 15 is 0 Å². The van der Waals surface area contributed by atoms with Gasteiger partial charge in [-0.2, -0.15) is 0 Å². The summed E-state index contributed by atoms with van der Waals surface area (Å²) in [6, 6.07) is 10.9. The number of benzene rings is 2. The Kier molecular flexibility index (Phi) is 6.00. The molecular weight excluding hydrogens is 376 g/mol. The third-order valence-corrected chi connectivity index (χ3v) is 6.09. The van der Waals surface area contributed by atoms with Gasteiger partial charge in [-0.15, -0.1) is 0 Å². The van der Waals surface area contributed by atoms with E-state index in [0.29, 0.717) is 30.0 Å². The van der Waals surface area contributed by atoms with Crippen LogP contribution in [0.15, 0.2) is 30.3 Å². The van der Waals surface area contributed by atoms with Crippen molar-refractivity contribution in [2.24, 2.45) is 5.92 Å². The molecule has 0 unspecified atom stereocenters. The highest BCUT2D eigenvalue weighted by Gasteiger charge is 2.37. The Labute approximate surface area is 179 Å². The number of carbonyl (C=O) groups excluding carboxylic acids is 1. The van der Waals surface area contributed by atoms with Gasteiger partial charge in [0.1, 0.15) is 0 Å². The van der Waals surface area contributed by atoms with Crippen LogP contribution in [0.2, 0.25) is 0 Å². The number of hydrogen-bond donors (Lipinski definition) is 1. The van der Waals surface area contributed by atoms with Crippen LogP contribution in [-0.4, -0.2) is 37.7 Å². The molecule has 4 rings (SSSR count). The maximum Gasteiger partial charge on any atom is 0.412 e. The summed E-state index contributed by atoms with van der Waals surface area (Å²) in [5.74, 6) is 1.52. The third kappa shape index (κ3) is 3.79. The number of hydrogen-bond acceptors (Lipinski definition) is 4. The van der Waals surface area contributed by atoms with Crippen molar-refractivity contribution in [2.45, 2.75) is 46.1 Å². The second-order valence-electron chi connectivity index (χ2n) is 8.68. The van der Waals surface area contributed by atoms with E-state index in [0.717, 1.165) is 43.5 Å². The van der Waals surface area contributed by atoms with Gasteiger partial charge in [-0.1, -0.05) is 45.0 Å². The van der Waals surface area contributed by atoms with Crippen molar-refractivity contribution in [1.29, 1.82) is 0 Å². The summed E-state index contributed by atoms with van der Waals surface area (Å²) in [6.07, 6.45) is 2.66. The van der Waals surface area contributed by atoms with Gasteiger partial charge in [0.05, 0.1) is 7.11 Å². The van der Waals surface area contributed by atoms with Crippen LogP contribution in [-0.2, 0) is 12.8 Å². The van der Waals surface area contributed by atoms with Gasteiger partial charge < -0.3 is 14.8 Å². The van der Waals surface area contributed by atoms with Crippen LogP contribution in [0.1, 0.15) is 49.9 Å². The summed E-state index contributed by atoms with van der Waals surface area (Å²) in [6.45, 7) is 9.05. The number of fused-ring (bicyclic) bond motifs is 2. The van der Waals surface area contributed by atoms with Crippen LogP contribution in [0.4, 0.5) is 4.79 Å². The first-order valence-corrected chi connectivity index (χ1v) is 11.0. The highest BCUT2D eigenvalue weighted by molar-refractivity contribution is 5.86. The van der Waals surface area contributed by atoms with Crippen molar-refractivity contribution in [3.05, 3.63) is 47.0 Å². The summed E-state index contributed by atoms with van der Waals surface area (Å²) in [7, 11) is 1.64. The van der Waals surface area contributed by atoms with Crippen LogP contribution in [0.25, 0.3) is 11.1 Å². The summed E-state index contributed by atoms with van der Waals surface area (Å²) < 4.78 is 11.6. The molecule has 5 heteroatoms. The lowest BCUT2D eigenvalue weighted by Gasteiger charge is -2.42. The molecular formula is C25H32N2O3. The fourth-order valence-corrected chi connectivity index (χ4v) is 4.77. The molecule has 0 aromatic heterocycles. The van der Waals surface area contributed by atoms with E-state index in [9.17, 15) is 4.79 Å². The van der Waals surface area contributed by atoms with Crippen LogP contribution in [0.5, 0.6) is 11.5 Å². The van der Waals surface area contributed by atoms with E-state index in [-0.39, 0.29) is 0 Å². The Balaban J connectivity index is 1.85. The van der Waals surface area contributed by atoms with Gasteiger partial charge in [-0.05, 0) is 60.0 Å². The smallest absolute Gasteiger partial charge is 0.412 e. The van der Waals surface area contributed by atoms with E-state index < -0.39 is 6.09 Å². The molecule has 0 fully saturated rings. The predicted molar refractivity (Wildman–Crippen MR) is 119 cm³/mol. The minimum absolute atomic E-state index is 0.311. The highest BCUT2D eigenvalue weighted by Crippen LogP contribution is 2.52. The van der Waals surface area contributed by atoms with Gasteiger partial charge in [-0.25, -0.2) is 4.79 Å². The molecule has 1 aliphatic carbocycles. The number of ether oxygens (including phenoxy) is 2. The van der Waals surface area contributed by atoms with Gasteiger partial charge in [0.25, 0.3) is 0 Å². The average Bonchev–Trinajstić information content (AvgIpc) is 2.75. The molecule has 5 nitrogen and oxygen atoms in total. The van der Waals surface area contributed by atoms with Crippen LogP contribution in [0, 0.1) is 5.92 Å². The van der Waals surface area contributed by atoms with Crippen molar-refractivity contribution in [1.82, 2.24) is 10.2 Å². The number of nitrogens with one attached hydrogen (secondary N) is 1. The molecule has 1 aliphatic heterocycles. The molecule has 0 saturated carbocycles. The Morgan fingerprint density at radius 1 is 1.27 bits per heavy atom. The van der Waals surface area contributed by atoms with Crippen molar-refractivity contribution in [2.75, 3.05) is 26.7 Å². The maximum absolute atomic E-state index is 12.6. The normalized spacial score (nSPS) is 17.3. The molecule has 0 saturated heterocycles. The summed E-state index contributed by atoms with van der Waals surface area (Å²) in [5, 5.41) is 2.87. The Bertz CT molecular complexity index is 938. The zero-order valence-electron chi connectivity index (χ0n) is 18.5. The van der Waals surface area contributed by atoms with Gasteiger partial charge in [-0.3, -0.25) is 4.90 Å². The van der Waals surface area contributed by atoms with E-state index in [1.807, 2.05) is 0 Å². The number of amides is 1. The molecule has 1 heterocycles. The number of rotatable bonds is 6. The lowest BCUT2D eigenvalue weighted by molar-refractivity contribution is 0.181. The molecule has 2 aliphatic rings. The fraction of sp³-hybridized carbons (Fsp3) is 0.480. The third-order valence-electron chi connectivity index (χ3n) is 6.09. The number of carbonyl (C=O) groups is 1. The molecule has 0 radical (unpaired) electrons. The lowest BCUT2D eigenvalue weighted by Crippen LogP contribution is -2.39. The first-order chi connectivity index (χ1) is 14.5. The SMILES string of the molecule is CCCN1CCc2cc(OC)c(OC(=O)NCC(C)C)c3c2[C@H]1Cc1ccccc1-3. The fourth-order valence-electron chi connectivity index (χ4n) is 4.77. The Hall–Kier alpha value is -2.53. The van der Waals surface area contributed by atoms with Crippen molar-refractivity contribution in [3.63, 3.8) is 0 Å². The van der Waals surface area contributed by atoms with Gasteiger partial charge in [0.15, 0.2) is 11.5 Å². The van der Waals surface area contributed by atoms with Crippen molar-refractivity contribution in [3.8, 4) is 22.6 Å². The Morgan fingerprint density at radius 3 is 2.80 bits per heavy atom. The molecule has 1 amide bonds. The van der Waals surface area contributed by atoms with E-state index in [2.05, 4.69) is 61.3 Å². The van der Waals surface area contributed by atoms with Crippen molar-refractivity contribution >= 4 is 6.09 Å². The molecule has 30 heavy (non-hydrogen) atoms. The minimum atomic E-state index is -0.431. The molecule has 1 atom stereocenters. The lowest BCUT2D eigenvalue weighted by atomic mass is 9.76.